The van der Waals surface area contributed by atoms with Crippen molar-refractivity contribution in [2.24, 2.45) is 17.8 Å². The highest BCUT2D eigenvalue weighted by atomic mass is 16.1. The molecule has 3 aromatic heterocycles. The Labute approximate surface area is 249 Å². The molecule has 1 aromatic carbocycles. The van der Waals surface area contributed by atoms with Crippen molar-refractivity contribution in [3.63, 3.8) is 0 Å². The molecule has 1 saturated carbocycles. The van der Waals surface area contributed by atoms with Crippen molar-refractivity contribution in [3.8, 4) is 17.2 Å². The first-order chi connectivity index (χ1) is 20.1. The summed E-state index contributed by atoms with van der Waals surface area (Å²) in [7, 11) is 5.95. The van der Waals surface area contributed by atoms with Crippen LogP contribution in [0.2, 0.25) is 0 Å². The number of rotatable bonds is 7. The molecule has 2 atom stereocenters. The molecule has 1 aliphatic heterocycles. The lowest BCUT2D eigenvalue weighted by Crippen LogP contribution is -2.45. The van der Waals surface area contributed by atoms with Gasteiger partial charge in [0.1, 0.15) is 19.7 Å². The summed E-state index contributed by atoms with van der Waals surface area (Å²) in [6.07, 6.45) is 9.55. The Morgan fingerprint density at radius 3 is 2.60 bits per heavy atom. The highest BCUT2D eigenvalue weighted by Gasteiger charge is 2.47. The van der Waals surface area contributed by atoms with Gasteiger partial charge in [0, 0.05) is 47.7 Å². The van der Waals surface area contributed by atoms with Gasteiger partial charge in [-0.1, -0.05) is 37.5 Å². The van der Waals surface area contributed by atoms with E-state index >= 15 is 0 Å². The number of anilines is 1. The summed E-state index contributed by atoms with van der Waals surface area (Å²) in [5.41, 5.74) is 6.53. The van der Waals surface area contributed by atoms with Crippen LogP contribution in [-0.2, 0) is 6.42 Å². The minimum absolute atomic E-state index is 0.0449. The summed E-state index contributed by atoms with van der Waals surface area (Å²) in [4.78, 5) is 20.4. The smallest absolute Gasteiger partial charge is 0.251 e. The van der Waals surface area contributed by atoms with Crippen molar-refractivity contribution in [1.82, 2.24) is 19.9 Å². The molecule has 212 valence electrons. The number of carbonyl (C=O) groups excluding carboxylic acids is 1. The number of amides is 1. The van der Waals surface area contributed by atoms with E-state index in [1.165, 1.54) is 5.56 Å². The number of pyridine rings is 2. The number of benzene rings is 1. The summed E-state index contributed by atoms with van der Waals surface area (Å²) >= 11 is 0. The van der Waals surface area contributed by atoms with Crippen molar-refractivity contribution < 1.29 is 4.79 Å². The molecule has 0 bridgehead atoms. The predicted molar refractivity (Wildman–Crippen MR) is 167 cm³/mol. The zero-order valence-corrected chi connectivity index (χ0v) is 24.9. The minimum Gasteiger partial charge on any atom is -0.356 e. The van der Waals surface area contributed by atoms with Crippen LogP contribution in [0, 0.1) is 36.0 Å². The van der Waals surface area contributed by atoms with Gasteiger partial charge in [-0.3, -0.25) is 4.79 Å². The van der Waals surface area contributed by atoms with Crippen LogP contribution >= 0.6 is 0 Å². The molecule has 8 heteroatoms. The van der Waals surface area contributed by atoms with Crippen LogP contribution in [0.15, 0.2) is 55.0 Å². The van der Waals surface area contributed by atoms with Gasteiger partial charge in [-0.05, 0) is 86.6 Å². The standard InChI is InChI=1S/C34H37BN6O/c1-21(2)5-7-23-11-30(32-27(15-36)17-38-41(32)18-23)24-8-10-31(37-16-24)40-19-25-13-34(4,14-26(25)20-40)39-33(42)29-12-28(35)9-6-22(29)3/h6,8-12,16-18,21,25-26H,5,7,13-14,19-20H2,1-4H3,(H,39,42). The molecular formula is C34H37BN6O. The van der Waals surface area contributed by atoms with E-state index in [1.54, 1.807) is 12.3 Å². The lowest BCUT2D eigenvalue weighted by atomic mass is 9.91. The fourth-order valence-electron chi connectivity index (χ4n) is 6.96. The molecule has 2 aliphatic rings. The van der Waals surface area contributed by atoms with Gasteiger partial charge in [0.15, 0.2) is 0 Å². The van der Waals surface area contributed by atoms with Crippen molar-refractivity contribution >= 4 is 30.6 Å². The third-order valence-electron chi connectivity index (χ3n) is 9.11. The van der Waals surface area contributed by atoms with Crippen molar-refractivity contribution in [2.45, 2.75) is 58.9 Å². The Morgan fingerprint density at radius 1 is 1.17 bits per heavy atom. The number of aromatic nitrogens is 3. The third kappa shape index (κ3) is 5.41. The van der Waals surface area contributed by atoms with Crippen LogP contribution in [0.1, 0.15) is 67.1 Å². The lowest BCUT2D eigenvalue weighted by Gasteiger charge is -2.29. The predicted octanol–water partition coefficient (Wildman–Crippen LogP) is 4.99. The van der Waals surface area contributed by atoms with E-state index in [4.69, 9.17) is 12.8 Å². The third-order valence-corrected chi connectivity index (χ3v) is 9.11. The molecule has 6 rings (SSSR count). The maximum atomic E-state index is 13.1. The van der Waals surface area contributed by atoms with Crippen LogP contribution in [-0.4, -0.2) is 47.0 Å². The van der Waals surface area contributed by atoms with E-state index in [0.29, 0.717) is 34.3 Å². The number of nitrogens with zero attached hydrogens (tertiary/aromatic N) is 5. The summed E-state index contributed by atoms with van der Waals surface area (Å²) in [5.74, 6) is 2.53. The van der Waals surface area contributed by atoms with E-state index in [0.717, 1.165) is 66.8 Å². The number of aryl methyl sites for hydroxylation is 2. The van der Waals surface area contributed by atoms with Crippen LogP contribution in [0.4, 0.5) is 5.82 Å². The molecule has 2 unspecified atom stereocenters. The van der Waals surface area contributed by atoms with Crippen LogP contribution in [0.5, 0.6) is 0 Å². The first-order valence-electron chi connectivity index (χ1n) is 14.9. The fourth-order valence-corrected chi connectivity index (χ4v) is 6.96. The largest absolute Gasteiger partial charge is 0.356 e. The maximum Gasteiger partial charge on any atom is 0.251 e. The van der Waals surface area contributed by atoms with Crippen LogP contribution in [0.25, 0.3) is 16.6 Å². The monoisotopic (exact) mass is 556 g/mol. The van der Waals surface area contributed by atoms with Crippen molar-refractivity contribution in [1.29, 1.82) is 5.26 Å². The second-order valence-corrected chi connectivity index (χ2v) is 13.0. The van der Waals surface area contributed by atoms with Gasteiger partial charge in [-0.15, -0.1) is 0 Å². The maximum absolute atomic E-state index is 13.1. The first kappa shape index (κ1) is 28.0. The number of hydrogen-bond acceptors (Lipinski definition) is 5. The van der Waals surface area contributed by atoms with E-state index in [9.17, 15) is 10.1 Å². The average molecular weight is 557 g/mol. The molecule has 4 aromatic rings. The first-order valence-corrected chi connectivity index (χ1v) is 14.9. The van der Waals surface area contributed by atoms with Crippen molar-refractivity contribution in [3.05, 3.63) is 77.2 Å². The van der Waals surface area contributed by atoms with Gasteiger partial charge in [0.2, 0.25) is 0 Å². The highest BCUT2D eigenvalue weighted by molar-refractivity contribution is 6.32. The molecule has 2 fully saturated rings. The highest BCUT2D eigenvalue weighted by Crippen LogP contribution is 2.45. The van der Waals surface area contributed by atoms with Gasteiger partial charge in [-0.25, -0.2) is 9.50 Å². The number of nitrogens with one attached hydrogen (secondary N) is 1. The Morgan fingerprint density at radius 2 is 1.93 bits per heavy atom. The minimum atomic E-state index is -0.234. The summed E-state index contributed by atoms with van der Waals surface area (Å²) in [6, 6.07) is 14.2. The van der Waals surface area contributed by atoms with E-state index in [1.807, 2.05) is 36.0 Å². The van der Waals surface area contributed by atoms with Gasteiger partial charge >= 0.3 is 0 Å². The number of hydrogen-bond donors (Lipinski definition) is 1. The molecule has 2 radical (unpaired) electrons. The summed E-state index contributed by atoms with van der Waals surface area (Å²) in [5, 5.41) is 17.5. The number of fused-ring (bicyclic) bond motifs is 2. The number of nitriles is 1. The molecular weight excluding hydrogens is 519 g/mol. The van der Waals surface area contributed by atoms with Crippen LogP contribution < -0.4 is 15.7 Å². The quantitative estimate of drug-likeness (QED) is 0.324. The van der Waals surface area contributed by atoms with E-state index < -0.39 is 0 Å². The number of carbonyl (C=O) groups is 1. The summed E-state index contributed by atoms with van der Waals surface area (Å²) < 4.78 is 1.84. The molecule has 1 N–H and O–H groups in total. The Hall–Kier alpha value is -4.12. The Balaban J connectivity index is 1.16. The normalized spacial score (nSPS) is 21.6. The fraction of sp³-hybridized carbons (Fsp3) is 0.412. The Kier molecular flexibility index (Phi) is 7.30. The molecule has 1 amide bonds. The summed E-state index contributed by atoms with van der Waals surface area (Å²) in [6.45, 7) is 10.4. The SMILES string of the molecule is [B]c1ccc(C)c(C(=O)NC2(C)CC3CN(c4ccc(-c5cc(CCC(C)C)cn6ncc(C#N)c56)cn4)CC3C2)c1. The molecule has 4 heterocycles. The second kappa shape index (κ2) is 10.9. The second-order valence-electron chi connectivity index (χ2n) is 13.0. The zero-order chi connectivity index (χ0) is 29.6. The molecule has 1 aliphatic carbocycles. The average Bonchev–Trinajstić information content (AvgIpc) is 3.64. The Bertz CT molecular complexity index is 1670. The lowest BCUT2D eigenvalue weighted by molar-refractivity contribution is 0.0904. The zero-order valence-electron chi connectivity index (χ0n) is 24.9. The molecule has 7 nitrogen and oxygen atoms in total. The molecule has 42 heavy (non-hydrogen) atoms. The van der Waals surface area contributed by atoms with Crippen LogP contribution in [0.3, 0.4) is 0 Å². The van der Waals surface area contributed by atoms with Gasteiger partial charge in [0.05, 0.1) is 17.3 Å². The van der Waals surface area contributed by atoms with E-state index in [-0.39, 0.29) is 11.4 Å². The van der Waals surface area contributed by atoms with Gasteiger partial charge in [0.25, 0.3) is 5.91 Å². The van der Waals surface area contributed by atoms with Gasteiger partial charge < -0.3 is 10.2 Å². The molecule has 1 saturated heterocycles. The topological polar surface area (TPSA) is 86.3 Å². The van der Waals surface area contributed by atoms with Crippen molar-refractivity contribution in [2.75, 3.05) is 18.0 Å². The van der Waals surface area contributed by atoms with E-state index in [2.05, 4.69) is 60.4 Å². The van der Waals surface area contributed by atoms with Gasteiger partial charge in [-0.2, -0.15) is 10.4 Å². The molecule has 0 spiro atoms.